The maximum Gasteiger partial charge on any atom is 0.124 e. The molecule has 0 saturated carbocycles. The average Bonchev–Trinajstić information content (AvgIpc) is 2.37. The van der Waals surface area contributed by atoms with E-state index in [0.29, 0.717) is 12.3 Å². The van der Waals surface area contributed by atoms with E-state index < -0.39 is 0 Å². The van der Waals surface area contributed by atoms with Gasteiger partial charge in [-0.2, -0.15) is 0 Å². The average molecular weight is 291 g/mol. The molecular weight excluding hydrogens is 273 g/mol. The molecule has 0 aliphatic heterocycles. The van der Waals surface area contributed by atoms with Crippen LogP contribution in [-0.2, 0) is 0 Å². The van der Waals surface area contributed by atoms with Crippen molar-refractivity contribution >= 4 is 17.4 Å². The Kier molecular flexibility index (Phi) is 4.90. The Hall–Kier alpha value is -1.68. The molecular formula is C16H18FNOS. The van der Waals surface area contributed by atoms with Gasteiger partial charge in [0, 0.05) is 16.3 Å². The Bertz CT molecular complexity index is 581. The molecule has 2 aromatic rings. The summed E-state index contributed by atoms with van der Waals surface area (Å²) in [6.45, 7) is 4.65. The van der Waals surface area contributed by atoms with Gasteiger partial charge in [-0.25, -0.2) is 4.39 Å². The van der Waals surface area contributed by atoms with E-state index >= 15 is 0 Å². The number of thioether (sulfide) groups is 1. The lowest BCUT2D eigenvalue weighted by molar-refractivity contribution is 0.343. The zero-order chi connectivity index (χ0) is 14.5. The quantitative estimate of drug-likeness (QED) is 0.509. The summed E-state index contributed by atoms with van der Waals surface area (Å²) in [5, 5.41) is 0. The lowest BCUT2D eigenvalue weighted by atomic mass is 10.1. The molecule has 0 bridgehead atoms. The van der Waals surface area contributed by atoms with Gasteiger partial charge in [-0.15, -0.1) is 11.8 Å². The van der Waals surface area contributed by atoms with E-state index in [4.69, 9.17) is 10.5 Å². The summed E-state index contributed by atoms with van der Waals surface area (Å²) in [6.07, 6.45) is 0. The highest BCUT2D eigenvalue weighted by Gasteiger charge is 2.03. The topological polar surface area (TPSA) is 35.2 Å². The lowest BCUT2D eigenvalue weighted by Gasteiger charge is -2.09. The zero-order valence-corrected chi connectivity index (χ0v) is 12.5. The molecule has 2 aromatic carbocycles. The summed E-state index contributed by atoms with van der Waals surface area (Å²) in [6, 6.07) is 10.5. The van der Waals surface area contributed by atoms with Gasteiger partial charge >= 0.3 is 0 Å². The number of anilines is 1. The van der Waals surface area contributed by atoms with E-state index in [1.165, 1.54) is 35.0 Å². The molecule has 0 aliphatic rings. The van der Waals surface area contributed by atoms with Crippen LogP contribution in [0.1, 0.15) is 11.1 Å². The molecule has 4 heteroatoms. The van der Waals surface area contributed by atoms with Gasteiger partial charge in [-0.1, -0.05) is 6.07 Å². The van der Waals surface area contributed by atoms with Crippen LogP contribution >= 0.6 is 11.8 Å². The third-order valence-electron chi connectivity index (χ3n) is 2.78. The largest absolute Gasteiger partial charge is 0.493 e. The van der Waals surface area contributed by atoms with E-state index in [2.05, 4.69) is 6.07 Å². The summed E-state index contributed by atoms with van der Waals surface area (Å²) < 4.78 is 18.8. The first-order valence-electron chi connectivity index (χ1n) is 6.43. The molecule has 2 rings (SSSR count). The zero-order valence-electron chi connectivity index (χ0n) is 11.7. The van der Waals surface area contributed by atoms with Crippen LogP contribution in [-0.4, -0.2) is 12.4 Å². The minimum absolute atomic E-state index is 0.267. The van der Waals surface area contributed by atoms with E-state index in [1.54, 1.807) is 6.07 Å². The molecule has 106 valence electrons. The van der Waals surface area contributed by atoms with Gasteiger partial charge in [-0.05, 0) is 55.3 Å². The number of benzene rings is 2. The molecule has 0 aromatic heterocycles. The van der Waals surface area contributed by atoms with Crippen molar-refractivity contribution in [2.24, 2.45) is 0 Å². The molecule has 2 N–H and O–H groups in total. The van der Waals surface area contributed by atoms with Crippen molar-refractivity contribution in [2.75, 3.05) is 18.1 Å². The minimum Gasteiger partial charge on any atom is -0.493 e. The molecule has 0 fully saturated rings. The van der Waals surface area contributed by atoms with Crippen LogP contribution in [0.4, 0.5) is 10.1 Å². The van der Waals surface area contributed by atoms with E-state index in [0.717, 1.165) is 16.4 Å². The highest BCUT2D eigenvalue weighted by molar-refractivity contribution is 7.99. The second-order valence-electron chi connectivity index (χ2n) is 4.70. The normalized spacial score (nSPS) is 10.6. The first kappa shape index (κ1) is 14.7. The summed E-state index contributed by atoms with van der Waals surface area (Å²) in [5.74, 6) is 1.33. The van der Waals surface area contributed by atoms with Gasteiger partial charge in [0.25, 0.3) is 0 Å². The molecule has 20 heavy (non-hydrogen) atoms. The fourth-order valence-corrected chi connectivity index (χ4v) is 2.78. The standard InChI is InChI=1S/C16H18FNOS/c1-11-7-12(2)9-14(8-11)19-5-6-20-16-10-13(17)3-4-15(16)18/h3-4,7-10H,5-6,18H2,1-2H3. The fourth-order valence-electron chi connectivity index (χ4n) is 1.96. The van der Waals surface area contributed by atoms with E-state index in [-0.39, 0.29) is 5.82 Å². The van der Waals surface area contributed by atoms with Gasteiger partial charge in [0.15, 0.2) is 0 Å². The van der Waals surface area contributed by atoms with Crippen LogP contribution in [0.5, 0.6) is 5.75 Å². The van der Waals surface area contributed by atoms with Gasteiger partial charge in [-0.3, -0.25) is 0 Å². The molecule has 0 unspecified atom stereocenters. The Balaban J connectivity index is 1.86. The summed E-state index contributed by atoms with van der Waals surface area (Å²) >= 11 is 1.50. The fraction of sp³-hybridized carbons (Fsp3) is 0.250. The molecule has 0 amide bonds. The maximum absolute atomic E-state index is 13.1. The van der Waals surface area contributed by atoms with Crippen molar-refractivity contribution in [1.82, 2.24) is 0 Å². The lowest BCUT2D eigenvalue weighted by Crippen LogP contribution is -2.01. The van der Waals surface area contributed by atoms with Crippen LogP contribution in [0, 0.1) is 19.7 Å². The number of nitrogen functional groups attached to an aromatic ring is 1. The van der Waals surface area contributed by atoms with Crippen molar-refractivity contribution in [3.05, 3.63) is 53.3 Å². The highest BCUT2D eigenvalue weighted by atomic mass is 32.2. The first-order valence-corrected chi connectivity index (χ1v) is 7.42. The monoisotopic (exact) mass is 291 g/mol. The van der Waals surface area contributed by atoms with Gasteiger partial charge in [0.1, 0.15) is 11.6 Å². The highest BCUT2D eigenvalue weighted by Crippen LogP contribution is 2.25. The van der Waals surface area contributed by atoms with Gasteiger partial charge in [0.05, 0.1) is 6.61 Å². The molecule has 2 nitrogen and oxygen atoms in total. The van der Waals surface area contributed by atoms with Crippen LogP contribution in [0.15, 0.2) is 41.3 Å². The molecule has 0 saturated heterocycles. The Labute approximate surface area is 123 Å². The van der Waals surface area contributed by atoms with Gasteiger partial charge in [0.2, 0.25) is 0 Å². The molecule has 0 heterocycles. The second-order valence-corrected chi connectivity index (χ2v) is 5.84. The first-order chi connectivity index (χ1) is 9.54. The molecule has 0 radical (unpaired) electrons. The number of halogens is 1. The minimum atomic E-state index is -0.267. The Morgan fingerprint density at radius 3 is 2.50 bits per heavy atom. The molecule has 0 atom stereocenters. The van der Waals surface area contributed by atoms with Crippen molar-refractivity contribution in [3.8, 4) is 5.75 Å². The van der Waals surface area contributed by atoms with Crippen LogP contribution < -0.4 is 10.5 Å². The number of hydrogen-bond donors (Lipinski definition) is 1. The Morgan fingerprint density at radius 2 is 1.80 bits per heavy atom. The molecule has 0 spiro atoms. The number of rotatable bonds is 5. The second kappa shape index (κ2) is 6.66. The molecule has 0 aliphatic carbocycles. The smallest absolute Gasteiger partial charge is 0.124 e. The number of nitrogens with two attached hydrogens (primary N) is 1. The van der Waals surface area contributed by atoms with Crippen molar-refractivity contribution in [3.63, 3.8) is 0 Å². The van der Waals surface area contributed by atoms with E-state index in [1.807, 2.05) is 26.0 Å². The summed E-state index contributed by atoms with van der Waals surface area (Å²) in [4.78, 5) is 0.758. The number of aryl methyl sites for hydroxylation is 2. The third kappa shape index (κ3) is 4.17. The van der Waals surface area contributed by atoms with Crippen molar-refractivity contribution in [2.45, 2.75) is 18.7 Å². The maximum atomic E-state index is 13.1. The van der Waals surface area contributed by atoms with Crippen LogP contribution in [0.25, 0.3) is 0 Å². The van der Waals surface area contributed by atoms with Gasteiger partial charge < -0.3 is 10.5 Å². The Morgan fingerprint density at radius 1 is 1.10 bits per heavy atom. The SMILES string of the molecule is Cc1cc(C)cc(OCCSc2cc(F)ccc2N)c1. The number of ether oxygens (including phenoxy) is 1. The van der Waals surface area contributed by atoms with Crippen LogP contribution in [0.2, 0.25) is 0 Å². The summed E-state index contributed by atoms with van der Waals surface area (Å²) in [5.41, 5.74) is 8.76. The van der Waals surface area contributed by atoms with Crippen LogP contribution in [0.3, 0.4) is 0 Å². The third-order valence-corrected chi connectivity index (χ3v) is 3.82. The summed E-state index contributed by atoms with van der Waals surface area (Å²) in [7, 11) is 0. The van der Waals surface area contributed by atoms with Crippen molar-refractivity contribution < 1.29 is 9.13 Å². The predicted molar refractivity (Wildman–Crippen MR) is 82.9 cm³/mol. The van der Waals surface area contributed by atoms with Crippen molar-refractivity contribution in [1.29, 1.82) is 0 Å². The number of hydrogen-bond acceptors (Lipinski definition) is 3. The predicted octanol–water partition coefficient (Wildman–Crippen LogP) is 4.20. The van der Waals surface area contributed by atoms with E-state index in [9.17, 15) is 4.39 Å².